The quantitative estimate of drug-likeness (QED) is 0.855. The van der Waals surface area contributed by atoms with Gasteiger partial charge in [0.1, 0.15) is 0 Å². The Bertz CT molecular complexity index is 465. The standard InChI is InChI=1S/C12H14ClN3/c1-14-6-5-11-12(16-8-15-11)9-3-2-4-10(13)7-9/h2-4,7-8,14H,5-6H2,1H3,(H,15,16). The third-order valence-electron chi connectivity index (χ3n) is 2.44. The fourth-order valence-corrected chi connectivity index (χ4v) is 1.84. The van der Waals surface area contributed by atoms with Gasteiger partial charge in [0.15, 0.2) is 0 Å². The molecule has 0 saturated heterocycles. The molecule has 0 amide bonds. The Kier molecular flexibility index (Phi) is 3.59. The molecule has 0 radical (unpaired) electrons. The fourth-order valence-electron chi connectivity index (χ4n) is 1.65. The summed E-state index contributed by atoms with van der Waals surface area (Å²) in [5, 5.41) is 3.86. The molecule has 0 saturated carbocycles. The van der Waals surface area contributed by atoms with Gasteiger partial charge in [0.25, 0.3) is 0 Å². The van der Waals surface area contributed by atoms with Crippen molar-refractivity contribution in [2.24, 2.45) is 0 Å². The zero-order chi connectivity index (χ0) is 11.4. The summed E-state index contributed by atoms with van der Waals surface area (Å²) in [5.41, 5.74) is 3.18. The lowest BCUT2D eigenvalue weighted by molar-refractivity contribution is 0.781. The predicted molar refractivity (Wildman–Crippen MR) is 66.7 cm³/mol. The molecule has 3 nitrogen and oxygen atoms in total. The van der Waals surface area contributed by atoms with Gasteiger partial charge in [-0.25, -0.2) is 4.98 Å². The highest BCUT2D eigenvalue weighted by Crippen LogP contribution is 2.23. The van der Waals surface area contributed by atoms with Crippen molar-refractivity contribution in [2.45, 2.75) is 6.42 Å². The molecule has 84 valence electrons. The molecule has 2 aromatic rings. The third-order valence-corrected chi connectivity index (χ3v) is 2.68. The van der Waals surface area contributed by atoms with Crippen molar-refractivity contribution in [3.05, 3.63) is 41.3 Å². The van der Waals surface area contributed by atoms with E-state index in [1.54, 1.807) is 6.33 Å². The van der Waals surface area contributed by atoms with Gasteiger partial charge in [-0.1, -0.05) is 23.7 Å². The lowest BCUT2D eigenvalue weighted by Gasteiger charge is -2.03. The van der Waals surface area contributed by atoms with Crippen LogP contribution in [0, 0.1) is 0 Å². The maximum atomic E-state index is 5.97. The number of hydrogen-bond acceptors (Lipinski definition) is 2. The first kappa shape index (κ1) is 11.2. The molecule has 0 aliphatic heterocycles. The molecule has 0 atom stereocenters. The first-order chi connectivity index (χ1) is 7.81. The average Bonchev–Trinajstić information content (AvgIpc) is 2.74. The molecule has 0 unspecified atom stereocenters. The van der Waals surface area contributed by atoms with Gasteiger partial charge in [0.05, 0.1) is 12.0 Å². The van der Waals surface area contributed by atoms with Crippen LogP contribution in [0.3, 0.4) is 0 Å². The number of nitrogens with zero attached hydrogens (tertiary/aromatic N) is 1. The summed E-state index contributed by atoms with van der Waals surface area (Å²) in [7, 11) is 1.94. The van der Waals surface area contributed by atoms with Gasteiger partial charge in [0.2, 0.25) is 0 Å². The normalized spacial score (nSPS) is 10.6. The van der Waals surface area contributed by atoms with Gasteiger partial charge < -0.3 is 10.3 Å². The Morgan fingerprint density at radius 2 is 2.31 bits per heavy atom. The fraction of sp³-hybridized carbons (Fsp3) is 0.250. The van der Waals surface area contributed by atoms with Crippen LogP contribution in [0.15, 0.2) is 30.6 Å². The Labute approximate surface area is 99.9 Å². The molecular weight excluding hydrogens is 222 g/mol. The molecule has 2 rings (SSSR count). The number of nitrogens with one attached hydrogen (secondary N) is 2. The minimum absolute atomic E-state index is 0.736. The summed E-state index contributed by atoms with van der Waals surface area (Å²) in [6.45, 7) is 0.926. The van der Waals surface area contributed by atoms with Gasteiger partial charge in [-0.15, -0.1) is 0 Å². The monoisotopic (exact) mass is 235 g/mol. The summed E-state index contributed by atoms with van der Waals surface area (Å²) in [5.74, 6) is 0. The van der Waals surface area contributed by atoms with Crippen molar-refractivity contribution in [3.63, 3.8) is 0 Å². The van der Waals surface area contributed by atoms with Crippen molar-refractivity contribution in [1.29, 1.82) is 0 Å². The summed E-state index contributed by atoms with van der Waals surface area (Å²) >= 11 is 5.97. The number of aromatic nitrogens is 2. The number of benzene rings is 1. The zero-order valence-electron chi connectivity index (χ0n) is 9.13. The van der Waals surface area contributed by atoms with Crippen molar-refractivity contribution in [3.8, 4) is 11.3 Å². The number of halogens is 1. The highest BCUT2D eigenvalue weighted by Gasteiger charge is 2.07. The van der Waals surface area contributed by atoms with Crippen LogP contribution in [0.2, 0.25) is 5.02 Å². The van der Waals surface area contributed by atoms with Crippen LogP contribution in [-0.4, -0.2) is 23.6 Å². The molecule has 16 heavy (non-hydrogen) atoms. The Hall–Kier alpha value is -1.32. The van der Waals surface area contributed by atoms with Crippen LogP contribution < -0.4 is 5.32 Å². The van der Waals surface area contributed by atoms with E-state index in [1.165, 1.54) is 0 Å². The number of imidazole rings is 1. The molecule has 1 aromatic carbocycles. The average molecular weight is 236 g/mol. The largest absolute Gasteiger partial charge is 0.348 e. The predicted octanol–water partition coefficient (Wildman–Crippen LogP) is 2.49. The van der Waals surface area contributed by atoms with Crippen LogP contribution in [0.1, 0.15) is 5.69 Å². The summed E-state index contributed by atoms with van der Waals surface area (Å²) in [6, 6.07) is 7.75. The maximum Gasteiger partial charge on any atom is 0.0929 e. The van der Waals surface area contributed by atoms with Crippen LogP contribution in [0.4, 0.5) is 0 Å². The van der Waals surface area contributed by atoms with E-state index in [0.29, 0.717) is 0 Å². The van der Waals surface area contributed by atoms with Gasteiger partial charge in [-0.05, 0) is 19.2 Å². The lowest BCUT2D eigenvalue weighted by Crippen LogP contribution is -2.11. The number of rotatable bonds is 4. The molecule has 0 fully saturated rings. The van der Waals surface area contributed by atoms with E-state index in [2.05, 4.69) is 15.3 Å². The number of aromatic amines is 1. The van der Waals surface area contributed by atoms with Crippen LogP contribution in [0.25, 0.3) is 11.3 Å². The van der Waals surface area contributed by atoms with Crippen molar-refractivity contribution < 1.29 is 0 Å². The molecule has 0 aliphatic carbocycles. The van der Waals surface area contributed by atoms with Crippen LogP contribution in [0.5, 0.6) is 0 Å². The molecule has 1 aromatic heterocycles. The molecule has 2 N–H and O–H groups in total. The van der Waals surface area contributed by atoms with E-state index in [0.717, 1.165) is 34.9 Å². The van der Waals surface area contributed by atoms with E-state index in [-0.39, 0.29) is 0 Å². The number of likely N-dealkylation sites (N-methyl/N-ethyl adjacent to an activating group) is 1. The first-order valence-electron chi connectivity index (χ1n) is 5.24. The van der Waals surface area contributed by atoms with E-state index >= 15 is 0 Å². The minimum atomic E-state index is 0.736. The van der Waals surface area contributed by atoms with Crippen molar-refractivity contribution >= 4 is 11.6 Å². The Balaban J connectivity index is 2.29. The highest BCUT2D eigenvalue weighted by molar-refractivity contribution is 6.30. The molecule has 1 heterocycles. The summed E-state index contributed by atoms with van der Waals surface area (Å²) in [4.78, 5) is 7.50. The number of H-pyrrole nitrogens is 1. The topological polar surface area (TPSA) is 40.7 Å². The van der Waals surface area contributed by atoms with Gasteiger partial charge in [-0.2, -0.15) is 0 Å². The second-order valence-electron chi connectivity index (χ2n) is 3.59. The third kappa shape index (κ3) is 2.43. The lowest BCUT2D eigenvalue weighted by atomic mass is 10.1. The zero-order valence-corrected chi connectivity index (χ0v) is 9.88. The number of hydrogen-bond donors (Lipinski definition) is 2. The summed E-state index contributed by atoms with van der Waals surface area (Å²) < 4.78 is 0. The van der Waals surface area contributed by atoms with Crippen LogP contribution in [-0.2, 0) is 6.42 Å². The molecule has 4 heteroatoms. The molecule has 0 aliphatic rings. The van der Waals surface area contributed by atoms with Crippen molar-refractivity contribution in [1.82, 2.24) is 15.3 Å². The second-order valence-corrected chi connectivity index (χ2v) is 4.03. The highest BCUT2D eigenvalue weighted by atomic mass is 35.5. The van der Waals surface area contributed by atoms with E-state index in [4.69, 9.17) is 11.6 Å². The van der Waals surface area contributed by atoms with Crippen molar-refractivity contribution in [2.75, 3.05) is 13.6 Å². The Morgan fingerprint density at radius 3 is 3.06 bits per heavy atom. The van der Waals surface area contributed by atoms with Gasteiger partial charge in [0, 0.05) is 29.2 Å². The smallest absolute Gasteiger partial charge is 0.0929 e. The maximum absolute atomic E-state index is 5.97. The van der Waals surface area contributed by atoms with Crippen LogP contribution >= 0.6 is 11.6 Å². The SMILES string of the molecule is CNCCc1[nH]cnc1-c1cccc(Cl)c1. The van der Waals surface area contributed by atoms with E-state index in [9.17, 15) is 0 Å². The summed E-state index contributed by atoms with van der Waals surface area (Å²) in [6.07, 6.45) is 2.65. The molecule has 0 bridgehead atoms. The molecule has 0 spiro atoms. The van der Waals surface area contributed by atoms with Gasteiger partial charge in [-0.3, -0.25) is 0 Å². The molecular formula is C12H14ClN3. The van der Waals surface area contributed by atoms with Gasteiger partial charge >= 0.3 is 0 Å². The second kappa shape index (κ2) is 5.14. The minimum Gasteiger partial charge on any atom is -0.348 e. The van der Waals surface area contributed by atoms with E-state index < -0.39 is 0 Å². The Morgan fingerprint density at radius 1 is 1.44 bits per heavy atom. The van der Waals surface area contributed by atoms with E-state index in [1.807, 2.05) is 31.3 Å². The first-order valence-corrected chi connectivity index (χ1v) is 5.62.